The molecule has 3 nitrogen and oxygen atoms in total. The number of rotatable bonds is 4. The summed E-state index contributed by atoms with van der Waals surface area (Å²) in [4.78, 5) is 0. The molecule has 0 radical (unpaired) electrons. The lowest BCUT2D eigenvalue weighted by Gasteiger charge is -2.14. The molecular formula is C12H11ClNO2P. The summed E-state index contributed by atoms with van der Waals surface area (Å²) in [6, 6.07) is 17.8. The van der Waals surface area contributed by atoms with Gasteiger partial charge in [-0.05, 0) is 24.3 Å². The zero-order chi connectivity index (χ0) is 12.1. The number of hydrogen-bond donors (Lipinski definition) is 1. The van der Waals surface area contributed by atoms with Crippen LogP contribution in [0.4, 0.5) is 5.69 Å². The molecule has 2 aromatic rings. The molecule has 0 heterocycles. The fourth-order valence-corrected chi connectivity index (χ4v) is 2.73. The number of anilines is 1. The topological polar surface area (TPSA) is 38.3 Å². The molecule has 0 saturated carbocycles. The van der Waals surface area contributed by atoms with Crippen LogP contribution >= 0.6 is 18.1 Å². The van der Waals surface area contributed by atoms with E-state index >= 15 is 0 Å². The third-order valence-electron chi connectivity index (χ3n) is 2.00. The molecule has 5 heteroatoms. The van der Waals surface area contributed by atoms with Gasteiger partial charge >= 0.3 is 6.87 Å². The monoisotopic (exact) mass is 267 g/mol. The minimum atomic E-state index is -3.41. The summed E-state index contributed by atoms with van der Waals surface area (Å²) >= 11 is 5.83. The summed E-state index contributed by atoms with van der Waals surface area (Å²) in [6.45, 7) is -3.41. The summed E-state index contributed by atoms with van der Waals surface area (Å²) < 4.78 is 17.2. The van der Waals surface area contributed by atoms with Gasteiger partial charge in [0.25, 0.3) is 0 Å². The van der Waals surface area contributed by atoms with E-state index in [2.05, 4.69) is 5.09 Å². The molecule has 0 aliphatic heterocycles. The van der Waals surface area contributed by atoms with E-state index in [4.69, 9.17) is 15.8 Å². The highest BCUT2D eigenvalue weighted by molar-refractivity contribution is 7.86. The van der Waals surface area contributed by atoms with Gasteiger partial charge in [-0.3, -0.25) is 5.09 Å². The number of nitrogens with one attached hydrogen (secondary N) is 1. The summed E-state index contributed by atoms with van der Waals surface area (Å²) in [7, 11) is 0. The molecule has 0 spiro atoms. The number of benzene rings is 2. The van der Waals surface area contributed by atoms with Crippen LogP contribution in [0.3, 0.4) is 0 Å². The Morgan fingerprint density at radius 1 is 0.941 bits per heavy atom. The zero-order valence-corrected chi connectivity index (χ0v) is 10.6. The number of halogens is 1. The van der Waals surface area contributed by atoms with Gasteiger partial charge in [-0.2, -0.15) is 0 Å². The molecule has 0 fully saturated rings. The van der Waals surface area contributed by atoms with Crippen LogP contribution < -0.4 is 9.61 Å². The van der Waals surface area contributed by atoms with E-state index in [0.29, 0.717) is 11.4 Å². The average Bonchev–Trinajstić information content (AvgIpc) is 2.30. The summed E-state index contributed by atoms with van der Waals surface area (Å²) in [5, 5.41) is 2.67. The highest BCUT2D eigenvalue weighted by Gasteiger charge is 2.20. The number of para-hydroxylation sites is 2. The maximum atomic E-state index is 12.0. The highest BCUT2D eigenvalue weighted by atomic mass is 35.7. The third kappa shape index (κ3) is 3.81. The molecule has 0 bridgehead atoms. The van der Waals surface area contributed by atoms with E-state index in [-0.39, 0.29) is 0 Å². The fraction of sp³-hybridized carbons (Fsp3) is 0. The molecule has 88 valence electrons. The summed E-state index contributed by atoms with van der Waals surface area (Å²) in [5.74, 6) is 0.467. The first-order valence-corrected chi connectivity index (χ1v) is 7.56. The Balaban J connectivity index is 2.07. The van der Waals surface area contributed by atoms with Crippen LogP contribution in [-0.2, 0) is 4.57 Å². The Bertz CT molecular complexity index is 473. The van der Waals surface area contributed by atoms with Crippen molar-refractivity contribution in [2.75, 3.05) is 5.09 Å². The minimum absolute atomic E-state index is 0.467. The molecule has 1 N–H and O–H groups in total. The van der Waals surface area contributed by atoms with Crippen LogP contribution in [0.5, 0.6) is 5.75 Å². The van der Waals surface area contributed by atoms with Gasteiger partial charge in [0.15, 0.2) is 0 Å². The molecule has 2 aromatic carbocycles. The molecule has 0 aliphatic rings. The second kappa shape index (κ2) is 5.26. The van der Waals surface area contributed by atoms with E-state index in [1.807, 2.05) is 24.3 Å². The van der Waals surface area contributed by atoms with Crippen LogP contribution in [0.25, 0.3) is 0 Å². The van der Waals surface area contributed by atoms with Crippen LogP contribution in [0.1, 0.15) is 0 Å². The Morgan fingerprint density at radius 3 is 2.06 bits per heavy atom. The third-order valence-corrected chi connectivity index (χ3v) is 3.43. The van der Waals surface area contributed by atoms with Crippen molar-refractivity contribution in [1.82, 2.24) is 0 Å². The van der Waals surface area contributed by atoms with E-state index in [9.17, 15) is 4.57 Å². The van der Waals surface area contributed by atoms with Gasteiger partial charge in [0, 0.05) is 16.9 Å². The lowest BCUT2D eigenvalue weighted by atomic mass is 10.3. The van der Waals surface area contributed by atoms with E-state index in [1.54, 1.807) is 36.4 Å². The summed E-state index contributed by atoms with van der Waals surface area (Å²) in [6.07, 6.45) is 0. The highest BCUT2D eigenvalue weighted by Crippen LogP contribution is 2.51. The molecular weight excluding hydrogens is 257 g/mol. The van der Waals surface area contributed by atoms with Gasteiger partial charge < -0.3 is 4.52 Å². The van der Waals surface area contributed by atoms with Gasteiger partial charge in [0.2, 0.25) is 0 Å². The van der Waals surface area contributed by atoms with Crippen molar-refractivity contribution in [1.29, 1.82) is 0 Å². The smallest absolute Gasteiger partial charge is 0.418 e. The molecule has 1 unspecified atom stereocenters. The standard InChI is InChI=1S/C12H11ClNO2P/c13-17(15,14-11-7-3-1-4-8-11)16-12-9-5-2-6-10-12/h1-10H,(H,14,15). The van der Waals surface area contributed by atoms with Gasteiger partial charge in [0.1, 0.15) is 5.75 Å². The molecule has 2 rings (SSSR count). The first-order valence-electron chi connectivity index (χ1n) is 5.03. The van der Waals surface area contributed by atoms with E-state index < -0.39 is 6.87 Å². The summed E-state index contributed by atoms with van der Waals surface area (Å²) in [5.41, 5.74) is 0.654. The fourth-order valence-electron chi connectivity index (χ4n) is 1.31. The predicted molar refractivity (Wildman–Crippen MR) is 70.6 cm³/mol. The van der Waals surface area contributed by atoms with Crippen LogP contribution in [-0.4, -0.2) is 0 Å². The molecule has 1 atom stereocenters. The van der Waals surface area contributed by atoms with Gasteiger partial charge in [-0.15, -0.1) is 0 Å². The van der Waals surface area contributed by atoms with Crippen LogP contribution in [0.2, 0.25) is 0 Å². The largest absolute Gasteiger partial charge is 0.435 e. The lowest BCUT2D eigenvalue weighted by Crippen LogP contribution is -1.98. The second-order valence-corrected chi connectivity index (χ2v) is 6.06. The molecule has 0 amide bonds. The first kappa shape index (κ1) is 12.0. The lowest BCUT2D eigenvalue weighted by molar-refractivity contribution is 0.503. The predicted octanol–water partition coefficient (Wildman–Crippen LogP) is 4.52. The van der Waals surface area contributed by atoms with Crippen molar-refractivity contribution < 1.29 is 9.09 Å². The molecule has 0 aromatic heterocycles. The van der Waals surface area contributed by atoms with Crippen molar-refractivity contribution in [2.45, 2.75) is 0 Å². The SMILES string of the molecule is O=P(Cl)(Nc1ccccc1)Oc1ccccc1. The van der Waals surface area contributed by atoms with Crippen LogP contribution in [0.15, 0.2) is 60.7 Å². The number of hydrogen-bond acceptors (Lipinski definition) is 2. The van der Waals surface area contributed by atoms with E-state index in [0.717, 1.165) is 0 Å². The maximum Gasteiger partial charge on any atom is 0.435 e. The second-order valence-electron chi connectivity index (χ2n) is 3.36. The Hall–Kier alpha value is -1.44. The quantitative estimate of drug-likeness (QED) is 0.828. The van der Waals surface area contributed by atoms with Crippen molar-refractivity contribution >= 4 is 23.8 Å². The van der Waals surface area contributed by atoms with E-state index in [1.165, 1.54) is 0 Å². The van der Waals surface area contributed by atoms with Gasteiger partial charge in [-0.1, -0.05) is 36.4 Å². The van der Waals surface area contributed by atoms with Gasteiger partial charge in [0.05, 0.1) is 0 Å². The van der Waals surface area contributed by atoms with Crippen molar-refractivity contribution in [2.24, 2.45) is 0 Å². The Labute approximate surface area is 105 Å². The minimum Gasteiger partial charge on any atom is -0.418 e. The zero-order valence-electron chi connectivity index (χ0n) is 8.92. The van der Waals surface area contributed by atoms with Crippen molar-refractivity contribution in [3.05, 3.63) is 60.7 Å². The van der Waals surface area contributed by atoms with Crippen molar-refractivity contribution in [3.8, 4) is 5.75 Å². The average molecular weight is 268 g/mol. The van der Waals surface area contributed by atoms with Crippen LogP contribution in [0, 0.1) is 0 Å². The maximum absolute atomic E-state index is 12.0. The first-order chi connectivity index (χ1) is 8.16. The van der Waals surface area contributed by atoms with Crippen molar-refractivity contribution in [3.63, 3.8) is 0 Å². The molecule has 0 saturated heterocycles. The Kier molecular flexibility index (Phi) is 3.72. The Morgan fingerprint density at radius 2 is 1.47 bits per heavy atom. The molecule has 17 heavy (non-hydrogen) atoms. The normalized spacial score (nSPS) is 13.7. The molecule has 0 aliphatic carbocycles. The van der Waals surface area contributed by atoms with Gasteiger partial charge in [-0.25, -0.2) is 4.57 Å².